The summed E-state index contributed by atoms with van der Waals surface area (Å²) in [6.07, 6.45) is -0.498. The third kappa shape index (κ3) is 5.03. The summed E-state index contributed by atoms with van der Waals surface area (Å²) in [5.74, 6) is 2.12. The number of hydrogen-bond acceptors (Lipinski definition) is 4. The zero-order valence-corrected chi connectivity index (χ0v) is 18.1. The molecule has 3 rings (SSSR count). The van der Waals surface area contributed by atoms with Crippen molar-refractivity contribution < 1.29 is 14.3 Å². The highest BCUT2D eigenvalue weighted by Gasteiger charge is 2.26. The molecule has 29 heavy (non-hydrogen) atoms. The van der Waals surface area contributed by atoms with Crippen molar-refractivity contribution in [1.82, 2.24) is 4.90 Å². The Kier molecular flexibility index (Phi) is 6.68. The molecule has 5 heteroatoms. The van der Waals surface area contributed by atoms with Gasteiger partial charge in [0.15, 0.2) is 6.10 Å². The van der Waals surface area contributed by atoms with E-state index in [2.05, 4.69) is 37.8 Å². The minimum atomic E-state index is -0.498. The van der Waals surface area contributed by atoms with E-state index in [-0.39, 0.29) is 5.91 Å². The summed E-state index contributed by atoms with van der Waals surface area (Å²) in [6.45, 7) is 11.3. The Bertz CT molecular complexity index is 842. The van der Waals surface area contributed by atoms with E-state index in [1.807, 2.05) is 42.2 Å². The quantitative estimate of drug-likeness (QED) is 0.732. The summed E-state index contributed by atoms with van der Waals surface area (Å²) in [5, 5.41) is 0. The number of nitrogens with zero attached hydrogens (tertiary/aromatic N) is 2. The molecule has 1 saturated heterocycles. The molecule has 0 spiro atoms. The van der Waals surface area contributed by atoms with E-state index < -0.39 is 6.10 Å². The molecule has 1 aliphatic rings. The molecule has 0 N–H and O–H groups in total. The predicted molar refractivity (Wildman–Crippen MR) is 117 cm³/mol. The van der Waals surface area contributed by atoms with Crippen LogP contribution in [0.4, 0.5) is 5.69 Å². The first-order valence-electron chi connectivity index (χ1n) is 10.3. The van der Waals surface area contributed by atoms with Crippen LogP contribution in [-0.2, 0) is 4.79 Å². The third-order valence-electron chi connectivity index (χ3n) is 5.53. The molecule has 0 saturated carbocycles. The maximum atomic E-state index is 12.9. The number of ether oxygens (including phenoxy) is 2. The largest absolute Gasteiger partial charge is 0.497 e. The lowest BCUT2D eigenvalue weighted by Gasteiger charge is -2.37. The summed E-state index contributed by atoms with van der Waals surface area (Å²) >= 11 is 0. The second-order valence-corrected chi connectivity index (χ2v) is 7.95. The predicted octanol–water partition coefficient (Wildman–Crippen LogP) is 4.24. The van der Waals surface area contributed by atoms with Gasteiger partial charge >= 0.3 is 0 Å². The van der Waals surface area contributed by atoms with Crippen LogP contribution in [0.15, 0.2) is 42.5 Å². The number of piperazine rings is 1. The van der Waals surface area contributed by atoms with Gasteiger partial charge in [-0.3, -0.25) is 4.79 Å². The number of benzene rings is 2. The first-order valence-corrected chi connectivity index (χ1v) is 10.3. The van der Waals surface area contributed by atoms with E-state index in [4.69, 9.17) is 9.47 Å². The first-order chi connectivity index (χ1) is 13.9. The molecule has 5 nitrogen and oxygen atoms in total. The lowest BCUT2D eigenvalue weighted by molar-refractivity contribution is -0.138. The van der Waals surface area contributed by atoms with Crippen molar-refractivity contribution >= 4 is 11.6 Å². The van der Waals surface area contributed by atoms with Gasteiger partial charge in [0.25, 0.3) is 5.91 Å². The molecule has 1 fully saturated rings. The first kappa shape index (κ1) is 21.0. The van der Waals surface area contributed by atoms with E-state index in [0.717, 1.165) is 30.3 Å². The number of aryl methyl sites for hydroxylation is 1. The Morgan fingerprint density at radius 1 is 0.966 bits per heavy atom. The summed E-state index contributed by atoms with van der Waals surface area (Å²) < 4.78 is 11.3. The van der Waals surface area contributed by atoms with Crippen molar-refractivity contribution in [3.8, 4) is 11.5 Å². The maximum Gasteiger partial charge on any atom is 0.263 e. The molecule has 1 amide bonds. The van der Waals surface area contributed by atoms with Crippen LogP contribution in [0.25, 0.3) is 0 Å². The number of carbonyl (C=O) groups excluding carboxylic acids is 1. The fourth-order valence-electron chi connectivity index (χ4n) is 3.87. The minimum Gasteiger partial charge on any atom is -0.497 e. The fraction of sp³-hybridized carbons (Fsp3) is 0.458. The van der Waals surface area contributed by atoms with Crippen LogP contribution in [0.5, 0.6) is 11.5 Å². The van der Waals surface area contributed by atoms with Crippen LogP contribution in [0.3, 0.4) is 0 Å². The number of anilines is 1. The molecule has 2 aromatic carbocycles. The van der Waals surface area contributed by atoms with Gasteiger partial charge in [-0.15, -0.1) is 0 Å². The molecule has 1 unspecified atom stereocenters. The lowest BCUT2D eigenvalue weighted by Crippen LogP contribution is -2.52. The zero-order valence-electron chi connectivity index (χ0n) is 18.1. The van der Waals surface area contributed by atoms with Gasteiger partial charge in [-0.05, 0) is 55.2 Å². The topological polar surface area (TPSA) is 42.0 Å². The zero-order chi connectivity index (χ0) is 21.0. The summed E-state index contributed by atoms with van der Waals surface area (Å²) in [4.78, 5) is 17.1. The highest BCUT2D eigenvalue weighted by molar-refractivity contribution is 5.81. The Morgan fingerprint density at radius 2 is 1.69 bits per heavy atom. The van der Waals surface area contributed by atoms with Crippen LogP contribution in [0.2, 0.25) is 0 Å². The molecule has 0 bridgehead atoms. The number of carbonyl (C=O) groups is 1. The second kappa shape index (κ2) is 9.21. The van der Waals surface area contributed by atoms with Gasteiger partial charge in [0, 0.05) is 37.9 Å². The molecule has 1 aliphatic heterocycles. The Morgan fingerprint density at radius 3 is 2.31 bits per heavy atom. The van der Waals surface area contributed by atoms with Crippen molar-refractivity contribution in [1.29, 1.82) is 0 Å². The van der Waals surface area contributed by atoms with E-state index in [1.165, 1.54) is 11.1 Å². The third-order valence-corrected chi connectivity index (χ3v) is 5.53. The Labute approximate surface area is 174 Å². The number of methoxy groups -OCH3 is 1. The molecule has 0 radical (unpaired) electrons. The van der Waals surface area contributed by atoms with Crippen molar-refractivity contribution in [2.45, 2.75) is 39.7 Å². The van der Waals surface area contributed by atoms with Crippen molar-refractivity contribution in [2.24, 2.45) is 0 Å². The standard InChI is InChI=1S/C24H32N2O3/c1-17(2)23-10-9-22(15-18(23)3)29-19(4)24(27)26-13-11-25(12-14-26)20-7-6-8-21(16-20)28-5/h6-10,15-17,19H,11-14H2,1-5H3. The summed E-state index contributed by atoms with van der Waals surface area (Å²) in [5.41, 5.74) is 3.63. The van der Waals surface area contributed by atoms with Crippen LogP contribution < -0.4 is 14.4 Å². The van der Waals surface area contributed by atoms with Gasteiger partial charge in [-0.25, -0.2) is 0 Å². The summed E-state index contributed by atoms with van der Waals surface area (Å²) in [6, 6.07) is 14.1. The molecule has 0 aromatic heterocycles. The van der Waals surface area contributed by atoms with E-state index >= 15 is 0 Å². The second-order valence-electron chi connectivity index (χ2n) is 7.95. The molecule has 1 atom stereocenters. The molecule has 2 aromatic rings. The van der Waals surface area contributed by atoms with Crippen LogP contribution in [0, 0.1) is 6.92 Å². The number of amides is 1. The molecule has 1 heterocycles. The van der Waals surface area contributed by atoms with Crippen LogP contribution in [-0.4, -0.2) is 50.2 Å². The SMILES string of the molecule is COc1cccc(N2CCN(C(=O)C(C)Oc3ccc(C(C)C)c(C)c3)CC2)c1. The smallest absolute Gasteiger partial charge is 0.263 e. The van der Waals surface area contributed by atoms with Gasteiger partial charge in [0.05, 0.1) is 7.11 Å². The highest BCUT2D eigenvalue weighted by atomic mass is 16.5. The van der Waals surface area contributed by atoms with Gasteiger partial charge in [-0.2, -0.15) is 0 Å². The van der Waals surface area contributed by atoms with E-state index in [9.17, 15) is 4.79 Å². The van der Waals surface area contributed by atoms with E-state index in [1.54, 1.807) is 7.11 Å². The number of hydrogen-bond donors (Lipinski definition) is 0. The average molecular weight is 397 g/mol. The maximum absolute atomic E-state index is 12.9. The van der Waals surface area contributed by atoms with Crippen molar-refractivity contribution in [3.63, 3.8) is 0 Å². The Hall–Kier alpha value is -2.69. The lowest BCUT2D eigenvalue weighted by atomic mass is 9.98. The molecule has 0 aliphatic carbocycles. The van der Waals surface area contributed by atoms with Crippen LogP contribution in [0.1, 0.15) is 37.8 Å². The molecule has 156 valence electrons. The van der Waals surface area contributed by atoms with Gasteiger partial charge in [0.2, 0.25) is 0 Å². The van der Waals surface area contributed by atoms with Gasteiger partial charge < -0.3 is 19.3 Å². The Balaban J connectivity index is 1.56. The molecular formula is C24H32N2O3. The average Bonchev–Trinajstić information content (AvgIpc) is 2.73. The van der Waals surface area contributed by atoms with Crippen LogP contribution >= 0.6 is 0 Å². The monoisotopic (exact) mass is 396 g/mol. The number of rotatable bonds is 6. The van der Waals surface area contributed by atoms with Crippen molar-refractivity contribution in [3.05, 3.63) is 53.6 Å². The van der Waals surface area contributed by atoms with Gasteiger partial charge in [-0.1, -0.05) is 26.0 Å². The summed E-state index contributed by atoms with van der Waals surface area (Å²) in [7, 11) is 1.68. The minimum absolute atomic E-state index is 0.0425. The normalized spacial score (nSPS) is 15.4. The highest BCUT2D eigenvalue weighted by Crippen LogP contribution is 2.25. The van der Waals surface area contributed by atoms with E-state index in [0.29, 0.717) is 19.0 Å². The fourth-order valence-corrected chi connectivity index (χ4v) is 3.87. The molecular weight excluding hydrogens is 364 g/mol. The van der Waals surface area contributed by atoms with Crippen molar-refractivity contribution in [2.75, 3.05) is 38.2 Å². The van der Waals surface area contributed by atoms with Gasteiger partial charge in [0.1, 0.15) is 11.5 Å².